The highest BCUT2D eigenvalue weighted by molar-refractivity contribution is 9.10. The van der Waals surface area contributed by atoms with Gasteiger partial charge in [-0.1, -0.05) is 99.0 Å². The molecule has 0 nitrogen and oxygen atoms in total. The highest BCUT2D eigenvalue weighted by Crippen LogP contribution is 2.23. The van der Waals surface area contributed by atoms with Crippen LogP contribution in [0.25, 0.3) is 11.1 Å². The second-order valence-electron chi connectivity index (χ2n) is 5.13. The predicted molar refractivity (Wildman–Crippen MR) is 90.7 cm³/mol. The fourth-order valence-electron chi connectivity index (χ4n) is 3.20. The van der Waals surface area contributed by atoms with Gasteiger partial charge in [-0.2, -0.15) is 0 Å². The molecule has 20 heavy (non-hydrogen) atoms. The van der Waals surface area contributed by atoms with Gasteiger partial charge in [-0.05, 0) is 17.2 Å². The van der Waals surface area contributed by atoms with Crippen molar-refractivity contribution in [3.63, 3.8) is 0 Å². The average molecular weight is 319 g/mol. The molecule has 0 unspecified atom stereocenters. The number of halogens is 1. The van der Waals surface area contributed by atoms with E-state index in [0.717, 1.165) is 0 Å². The zero-order valence-electron chi connectivity index (χ0n) is 10.9. The molecule has 0 N–H and O–H groups in total. The largest absolute Gasteiger partial charge is 0.244 e. The van der Waals surface area contributed by atoms with Gasteiger partial charge in [0.25, 0.3) is 0 Å². The molecule has 94 valence electrons. The molecule has 0 fully saturated rings. The third kappa shape index (κ3) is 1.68. The molecule has 0 aliphatic carbocycles. The van der Waals surface area contributed by atoms with E-state index in [9.17, 15) is 0 Å². The zero-order valence-corrected chi connectivity index (χ0v) is 12.5. The maximum absolute atomic E-state index is 3.71. The summed E-state index contributed by atoms with van der Waals surface area (Å²) in [4.78, 5) is 0. The maximum atomic E-state index is 3.71. The molecule has 0 saturated carbocycles. The molecule has 0 aromatic heterocycles. The zero-order chi connectivity index (χ0) is 13.5. The van der Waals surface area contributed by atoms with Crippen molar-refractivity contribution in [2.75, 3.05) is 0 Å². The van der Waals surface area contributed by atoms with Gasteiger partial charge >= 0.3 is 0 Å². The van der Waals surface area contributed by atoms with Gasteiger partial charge in [0.2, 0.25) is 6.71 Å². The van der Waals surface area contributed by atoms with Crippen molar-refractivity contribution in [1.82, 2.24) is 0 Å². The molecule has 1 heterocycles. The van der Waals surface area contributed by atoms with Crippen molar-refractivity contribution in [1.29, 1.82) is 0 Å². The summed E-state index contributed by atoms with van der Waals surface area (Å²) >= 11 is 3.71. The van der Waals surface area contributed by atoms with Crippen LogP contribution in [0, 0.1) is 0 Å². The monoisotopic (exact) mass is 318 g/mol. The highest BCUT2D eigenvalue weighted by atomic mass is 79.9. The van der Waals surface area contributed by atoms with Crippen molar-refractivity contribution >= 4 is 39.0 Å². The van der Waals surface area contributed by atoms with Crippen LogP contribution in [0.4, 0.5) is 0 Å². The van der Waals surface area contributed by atoms with Crippen LogP contribution < -0.4 is 16.4 Å². The molecule has 0 bridgehead atoms. The van der Waals surface area contributed by atoms with Gasteiger partial charge in [-0.15, -0.1) is 0 Å². The van der Waals surface area contributed by atoms with Gasteiger partial charge in [0.05, 0.1) is 0 Å². The first-order valence-corrected chi connectivity index (χ1v) is 7.58. The van der Waals surface area contributed by atoms with Gasteiger partial charge in [-0.25, -0.2) is 0 Å². The van der Waals surface area contributed by atoms with Crippen LogP contribution in [0.1, 0.15) is 0 Å². The molecule has 0 radical (unpaired) electrons. The van der Waals surface area contributed by atoms with E-state index in [1.165, 1.54) is 32.0 Å². The van der Waals surface area contributed by atoms with Gasteiger partial charge < -0.3 is 0 Å². The standard InChI is InChI=1S/C18H12BBr/c20-18-12-6-5-11-17(18)19-15-9-3-1-7-13(15)14-8-2-4-10-16(14)19/h1-12H. The molecule has 0 spiro atoms. The van der Waals surface area contributed by atoms with E-state index in [4.69, 9.17) is 0 Å². The van der Waals surface area contributed by atoms with Gasteiger partial charge in [0.1, 0.15) is 0 Å². The normalized spacial score (nSPS) is 12.2. The summed E-state index contributed by atoms with van der Waals surface area (Å²) in [5.74, 6) is 0. The Hall–Kier alpha value is -1.80. The van der Waals surface area contributed by atoms with Gasteiger partial charge in [0, 0.05) is 4.47 Å². The third-order valence-electron chi connectivity index (χ3n) is 4.05. The summed E-state index contributed by atoms with van der Waals surface area (Å²) in [6, 6.07) is 26.0. The summed E-state index contributed by atoms with van der Waals surface area (Å²) in [6.07, 6.45) is 0. The number of fused-ring (bicyclic) bond motifs is 3. The molecule has 3 aromatic carbocycles. The van der Waals surface area contributed by atoms with E-state index in [2.05, 4.69) is 88.7 Å². The molecule has 0 amide bonds. The van der Waals surface area contributed by atoms with E-state index >= 15 is 0 Å². The summed E-state index contributed by atoms with van der Waals surface area (Å²) < 4.78 is 1.18. The van der Waals surface area contributed by atoms with Crippen LogP contribution in [-0.2, 0) is 0 Å². The summed E-state index contributed by atoms with van der Waals surface area (Å²) in [5, 5.41) is 0. The first-order valence-electron chi connectivity index (χ1n) is 6.79. The smallest absolute Gasteiger partial charge is 0.0664 e. The second kappa shape index (κ2) is 4.64. The second-order valence-corrected chi connectivity index (χ2v) is 5.98. The Morgan fingerprint density at radius 2 is 1.00 bits per heavy atom. The van der Waals surface area contributed by atoms with Gasteiger partial charge in [-0.3, -0.25) is 0 Å². The number of rotatable bonds is 1. The Bertz CT molecular complexity index is 749. The molecule has 2 heteroatoms. The van der Waals surface area contributed by atoms with Crippen molar-refractivity contribution in [3.05, 3.63) is 77.3 Å². The topological polar surface area (TPSA) is 0 Å². The Morgan fingerprint density at radius 3 is 1.55 bits per heavy atom. The fourth-order valence-corrected chi connectivity index (χ4v) is 3.71. The van der Waals surface area contributed by atoms with Crippen molar-refractivity contribution < 1.29 is 0 Å². The summed E-state index contributed by atoms with van der Waals surface area (Å²) in [6.45, 7) is 0.331. The Morgan fingerprint density at radius 1 is 0.550 bits per heavy atom. The minimum absolute atomic E-state index is 0.331. The molecular formula is C18H12BBr. The predicted octanol–water partition coefficient (Wildman–Crippen LogP) is 2.95. The van der Waals surface area contributed by atoms with Crippen LogP contribution in [0.3, 0.4) is 0 Å². The first kappa shape index (κ1) is 12.0. The Labute approximate surface area is 127 Å². The number of benzene rings is 3. The molecule has 1 aliphatic rings. The van der Waals surface area contributed by atoms with E-state index < -0.39 is 0 Å². The van der Waals surface area contributed by atoms with E-state index in [-0.39, 0.29) is 0 Å². The van der Waals surface area contributed by atoms with Crippen LogP contribution in [-0.4, -0.2) is 6.71 Å². The quantitative estimate of drug-likeness (QED) is 0.473. The average Bonchev–Trinajstić information content (AvgIpc) is 2.83. The van der Waals surface area contributed by atoms with Crippen LogP contribution in [0.2, 0.25) is 0 Å². The lowest BCUT2D eigenvalue weighted by molar-refractivity contribution is 1.70. The summed E-state index contributed by atoms with van der Waals surface area (Å²) in [5.41, 5.74) is 6.87. The fraction of sp³-hybridized carbons (Fsp3) is 0. The minimum Gasteiger partial charge on any atom is -0.0664 e. The lowest BCUT2D eigenvalue weighted by Crippen LogP contribution is -2.49. The van der Waals surface area contributed by atoms with Crippen molar-refractivity contribution in [3.8, 4) is 11.1 Å². The SMILES string of the molecule is Brc1ccccc1B1c2ccccc2-c2ccccc21. The molecule has 4 rings (SSSR count). The molecule has 3 aromatic rings. The van der Waals surface area contributed by atoms with Crippen molar-refractivity contribution in [2.24, 2.45) is 0 Å². The first-order chi connectivity index (χ1) is 9.86. The third-order valence-corrected chi connectivity index (χ3v) is 4.77. The Kier molecular flexibility index (Phi) is 2.78. The van der Waals surface area contributed by atoms with Crippen LogP contribution in [0.15, 0.2) is 77.3 Å². The summed E-state index contributed by atoms with van der Waals surface area (Å²) in [7, 11) is 0. The molecular weight excluding hydrogens is 307 g/mol. The molecule has 0 saturated heterocycles. The lowest BCUT2D eigenvalue weighted by Gasteiger charge is -2.12. The van der Waals surface area contributed by atoms with Crippen LogP contribution in [0.5, 0.6) is 0 Å². The van der Waals surface area contributed by atoms with E-state index in [0.29, 0.717) is 6.71 Å². The van der Waals surface area contributed by atoms with E-state index in [1.54, 1.807) is 0 Å². The minimum atomic E-state index is 0.331. The number of hydrogen-bond acceptors (Lipinski definition) is 0. The van der Waals surface area contributed by atoms with Gasteiger partial charge in [0.15, 0.2) is 0 Å². The molecule has 1 aliphatic heterocycles. The number of hydrogen-bond donors (Lipinski definition) is 0. The van der Waals surface area contributed by atoms with Crippen LogP contribution >= 0.6 is 15.9 Å². The maximum Gasteiger partial charge on any atom is 0.244 e. The highest BCUT2D eigenvalue weighted by Gasteiger charge is 2.33. The van der Waals surface area contributed by atoms with Crippen molar-refractivity contribution in [2.45, 2.75) is 0 Å². The lowest BCUT2D eigenvalue weighted by atomic mass is 9.39. The van der Waals surface area contributed by atoms with E-state index in [1.807, 2.05) is 0 Å². The Balaban J connectivity index is 2.03. The molecule has 0 atom stereocenters.